The maximum Gasteiger partial charge on any atom is 0.244 e. The van der Waals surface area contributed by atoms with Crippen LogP contribution < -0.4 is 15.2 Å². The molecule has 6 nitrogen and oxygen atoms in total. The van der Waals surface area contributed by atoms with Gasteiger partial charge in [-0.25, -0.2) is 4.39 Å². The van der Waals surface area contributed by atoms with Crippen LogP contribution in [0.4, 0.5) is 4.39 Å². The highest BCUT2D eigenvalue weighted by Gasteiger charge is 2.35. The highest BCUT2D eigenvalue weighted by Crippen LogP contribution is 2.44. The van der Waals surface area contributed by atoms with Gasteiger partial charge in [-0.15, -0.1) is 5.10 Å². The van der Waals surface area contributed by atoms with Crippen molar-refractivity contribution in [1.29, 1.82) is 5.26 Å². The molecule has 1 aliphatic rings. The molecule has 0 spiro atoms. The number of H-pyrrole nitrogens is 1. The van der Waals surface area contributed by atoms with E-state index in [-0.39, 0.29) is 17.6 Å². The SMILES string of the molecule is Cc1cc(C)c(C2C(C#N)=C(N)Oc3n[nH]c(C)c32)cc1COc1ccc(F)cc1. The minimum Gasteiger partial charge on any atom is -0.489 e. The summed E-state index contributed by atoms with van der Waals surface area (Å²) in [7, 11) is 0. The summed E-state index contributed by atoms with van der Waals surface area (Å²) in [4.78, 5) is 0. The summed E-state index contributed by atoms with van der Waals surface area (Å²) < 4.78 is 24.5. The first-order chi connectivity index (χ1) is 14.4. The van der Waals surface area contributed by atoms with E-state index in [9.17, 15) is 9.65 Å². The normalized spacial score (nSPS) is 15.4. The molecule has 2 aromatic carbocycles. The summed E-state index contributed by atoms with van der Waals surface area (Å²) in [6.45, 7) is 6.21. The molecular formula is C23H21FN4O2. The molecule has 2 heterocycles. The van der Waals surface area contributed by atoms with E-state index in [0.717, 1.165) is 33.5 Å². The smallest absolute Gasteiger partial charge is 0.244 e. The maximum absolute atomic E-state index is 13.1. The molecule has 4 rings (SSSR count). The van der Waals surface area contributed by atoms with E-state index in [2.05, 4.69) is 22.3 Å². The van der Waals surface area contributed by atoms with E-state index in [0.29, 0.717) is 23.8 Å². The Bertz CT molecular complexity index is 1190. The minimum atomic E-state index is -0.386. The summed E-state index contributed by atoms with van der Waals surface area (Å²) in [5, 5.41) is 16.9. The third-order valence-electron chi connectivity index (χ3n) is 5.37. The van der Waals surface area contributed by atoms with Crippen LogP contribution in [0.15, 0.2) is 47.9 Å². The van der Waals surface area contributed by atoms with Crippen molar-refractivity contribution in [1.82, 2.24) is 10.2 Å². The Morgan fingerprint density at radius 3 is 2.63 bits per heavy atom. The standard InChI is InChI=1S/C23H21FN4O2/c1-12-8-13(2)18(9-15(12)11-29-17-6-4-16(24)5-7-17)21-19(10-25)22(26)30-23-20(21)14(3)27-28-23/h4-9,21H,11,26H2,1-3H3,(H,27,28). The topological polar surface area (TPSA) is 97.0 Å². The zero-order valence-corrected chi connectivity index (χ0v) is 16.9. The van der Waals surface area contributed by atoms with Gasteiger partial charge in [-0.05, 0) is 67.3 Å². The van der Waals surface area contributed by atoms with Crippen LogP contribution in [-0.2, 0) is 6.61 Å². The molecule has 7 heteroatoms. The van der Waals surface area contributed by atoms with Gasteiger partial charge in [0.05, 0.1) is 5.92 Å². The molecule has 0 bridgehead atoms. The van der Waals surface area contributed by atoms with Crippen molar-refractivity contribution >= 4 is 0 Å². The van der Waals surface area contributed by atoms with Crippen LogP contribution >= 0.6 is 0 Å². The third-order valence-corrected chi connectivity index (χ3v) is 5.37. The number of fused-ring (bicyclic) bond motifs is 1. The van der Waals surface area contributed by atoms with Crippen LogP contribution in [0.25, 0.3) is 0 Å². The number of ether oxygens (including phenoxy) is 2. The summed E-state index contributed by atoms with van der Waals surface area (Å²) in [5.41, 5.74) is 12.0. The fraction of sp³-hybridized carbons (Fsp3) is 0.217. The number of hydrogen-bond acceptors (Lipinski definition) is 5. The number of allylic oxidation sites excluding steroid dienone is 1. The monoisotopic (exact) mass is 404 g/mol. The number of nitriles is 1. The number of aryl methyl sites for hydroxylation is 3. The Balaban J connectivity index is 1.75. The molecule has 0 aliphatic carbocycles. The van der Waals surface area contributed by atoms with Crippen LogP contribution in [0.1, 0.15) is 39.4 Å². The van der Waals surface area contributed by atoms with Crippen LogP contribution in [0.5, 0.6) is 11.6 Å². The first-order valence-electron chi connectivity index (χ1n) is 9.50. The summed E-state index contributed by atoms with van der Waals surface area (Å²) in [6, 6.07) is 12.2. The van der Waals surface area contributed by atoms with E-state index >= 15 is 0 Å². The Labute approximate surface area is 173 Å². The number of aromatic amines is 1. The number of nitrogens with two attached hydrogens (primary N) is 1. The van der Waals surface area contributed by atoms with Crippen molar-refractivity contribution in [2.45, 2.75) is 33.3 Å². The molecule has 1 aromatic heterocycles. The molecule has 0 amide bonds. The fourth-order valence-corrected chi connectivity index (χ4v) is 3.78. The molecule has 1 atom stereocenters. The lowest BCUT2D eigenvalue weighted by Crippen LogP contribution is -2.21. The molecule has 3 aromatic rings. The van der Waals surface area contributed by atoms with Crippen molar-refractivity contribution in [3.05, 3.63) is 87.2 Å². The highest BCUT2D eigenvalue weighted by atomic mass is 19.1. The lowest BCUT2D eigenvalue weighted by molar-refractivity contribution is 0.304. The van der Waals surface area contributed by atoms with E-state index in [4.69, 9.17) is 15.2 Å². The number of hydrogen-bond donors (Lipinski definition) is 2. The second kappa shape index (κ2) is 7.56. The molecule has 152 valence electrons. The summed E-state index contributed by atoms with van der Waals surface area (Å²) in [5.74, 6) is 0.334. The molecule has 0 fully saturated rings. The quantitative estimate of drug-likeness (QED) is 0.677. The lowest BCUT2D eigenvalue weighted by atomic mass is 9.81. The number of aromatic nitrogens is 2. The van der Waals surface area contributed by atoms with Crippen LogP contribution in [0, 0.1) is 37.9 Å². The fourth-order valence-electron chi connectivity index (χ4n) is 3.78. The van der Waals surface area contributed by atoms with Gasteiger partial charge in [0.25, 0.3) is 0 Å². The van der Waals surface area contributed by atoms with Gasteiger partial charge in [0.2, 0.25) is 11.8 Å². The minimum absolute atomic E-state index is 0.0607. The zero-order chi connectivity index (χ0) is 21.4. The van der Waals surface area contributed by atoms with Crippen molar-refractivity contribution in [2.75, 3.05) is 0 Å². The zero-order valence-electron chi connectivity index (χ0n) is 16.9. The number of halogens is 1. The summed E-state index contributed by atoms with van der Waals surface area (Å²) >= 11 is 0. The van der Waals surface area contributed by atoms with Gasteiger partial charge in [0.1, 0.15) is 29.8 Å². The number of nitrogens with one attached hydrogen (secondary N) is 1. The van der Waals surface area contributed by atoms with Gasteiger partial charge in [-0.1, -0.05) is 12.1 Å². The molecule has 0 saturated carbocycles. The van der Waals surface area contributed by atoms with Gasteiger partial charge >= 0.3 is 0 Å². The van der Waals surface area contributed by atoms with E-state index in [1.807, 2.05) is 26.8 Å². The molecule has 30 heavy (non-hydrogen) atoms. The largest absolute Gasteiger partial charge is 0.489 e. The van der Waals surface area contributed by atoms with E-state index in [1.165, 1.54) is 12.1 Å². The molecule has 0 saturated heterocycles. The van der Waals surface area contributed by atoms with Gasteiger partial charge < -0.3 is 15.2 Å². The predicted molar refractivity (Wildman–Crippen MR) is 109 cm³/mol. The second-order valence-corrected chi connectivity index (χ2v) is 7.37. The van der Waals surface area contributed by atoms with Crippen LogP contribution in [0.3, 0.4) is 0 Å². The first kappa shape index (κ1) is 19.5. The van der Waals surface area contributed by atoms with Gasteiger partial charge in [0.15, 0.2) is 0 Å². The summed E-state index contributed by atoms with van der Waals surface area (Å²) in [6.07, 6.45) is 0. The molecule has 1 aliphatic heterocycles. The Hall–Kier alpha value is -3.79. The van der Waals surface area contributed by atoms with E-state index in [1.54, 1.807) is 12.1 Å². The van der Waals surface area contributed by atoms with Crippen LogP contribution in [-0.4, -0.2) is 10.2 Å². The van der Waals surface area contributed by atoms with Crippen molar-refractivity contribution in [3.8, 4) is 17.7 Å². The average Bonchev–Trinajstić information content (AvgIpc) is 3.08. The van der Waals surface area contributed by atoms with Gasteiger partial charge in [-0.3, -0.25) is 5.10 Å². The van der Waals surface area contributed by atoms with Crippen molar-refractivity contribution in [2.24, 2.45) is 5.73 Å². The predicted octanol–water partition coefficient (Wildman–Crippen LogP) is 4.27. The Morgan fingerprint density at radius 2 is 1.93 bits per heavy atom. The van der Waals surface area contributed by atoms with E-state index < -0.39 is 0 Å². The van der Waals surface area contributed by atoms with Crippen LogP contribution in [0.2, 0.25) is 0 Å². The second-order valence-electron chi connectivity index (χ2n) is 7.37. The molecular weight excluding hydrogens is 383 g/mol. The average molecular weight is 404 g/mol. The molecule has 0 radical (unpaired) electrons. The maximum atomic E-state index is 13.1. The third kappa shape index (κ3) is 3.37. The highest BCUT2D eigenvalue weighted by molar-refractivity contribution is 5.57. The first-order valence-corrected chi connectivity index (χ1v) is 9.50. The number of benzene rings is 2. The molecule has 1 unspecified atom stereocenters. The number of rotatable bonds is 4. The van der Waals surface area contributed by atoms with Gasteiger partial charge in [0, 0.05) is 11.3 Å². The number of nitrogens with zero attached hydrogens (tertiary/aromatic N) is 2. The Kier molecular flexibility index (Phi) is 4.92. The molecule has 3 N–H and O–H groups in total. The lowest BCUT2D eigenvalue weighted by Gasteiger charge is -2.26. The van der Waals surface area contributed by atoms with Crippen molar-refractivity contribution < 1.29 is 13.9 Å². The Morgan fingerprint density at radius 1 is 1.20 bits per heavy atom. The van der Waals surface area contributed by atoms with Crippen molar-refractivity contribution in [3.63, 3.8) is 0 Å². The van der Waals surface area contributed by atoms with Gasteiger partial charge in [-0.2, -0.15) is 5.26 Å².